The van der Waals surface area contributed by atoms with Crippen molar-refractivity contribution in [3.8, 4) is 11.5 Å². The minimum Gasteiger partial charge on any atom is -0.490 e. The minimum atomic E-state index is -3.24. The van der Waals surface area contributed by atoms with Crippen LogP contribution in [0, 0.1) is 0 Å². The van der Waals surface area contributed by atoms with E-state index in [0.717, 1.165) is 17.1 Å². The molecule has 1 unspecified atom stereocenters. The first-order chi connectivity index (χ1) is 12.4. The van der Waals surface area contributed by atoms with Crippen molar-refractivity contribution in [2.45, 2.75) is 31.9 Å². The van der Waals surface area contributed by atoms with Crippen LogP contribution in [-0.2, 0) is 10.0 Å². The van der Waals surface area contributed by atoms with Gasteiger partial charge in [0.1, 0.15) is 24.7 Å². The van der Waals surface area contributed by atoms with E-state index < -0.39 is 15.3 Å². The molecule has 0 amide bonds. The van der Waals surface area contributed by atoms with Gasteiger partial charge in [0.15, 0.2) is 0 Å². The lowest BCUT2D eigenvalue weighted by Crippen LogP contribution is -2.33. The standard InChI is InChI=1S/C20H27NO4S/c1-16(2)26(22,23)21-15-17(3)18-9-11-20(12-10-18)25-14-13-24-19-7-5-4-6-8-19/h4-12,16-17,21H,13-15H2,1-3H3. The molecule has 0 fully saturated rings. The number of ether oxygens (including phenoxy) is 2. The van der Waals surface area contributed by atoms with Crippen molar-refractivity contribution in [3.63, 3.8) is 0 Å². The van der Waals surface area contributed by atoms with Gasteiger partial charge in [-0.05, 0) is 49.6 Å². The number of sulfonamides is 1. The summed E-state index contributed by atoms with van der Waals surface area (Å²) >= 11 is 0. The summed E-state index contributed by atoms with van der Waals surface area (Å²) in [4.78, 5) is 0. The third-order valence-electron chi connectivity index (χ3n) is 4.02. The molecule has 1 atom stereocenters. The normalized spacial score (nSPS) is 12.8. The van der Waals surface area contributed by atoms with Gasteiger partial charge in [-0.25, -0.2) is 13.1 Å². The predicted octanol–water partition coefficient (Wildman–Crippen LogP) is 3.58. The maximum Gasteiger partial charge on any atom is 0.213 e. The third-order valence-corrected chi connectivity index (χ3v) is 5.83. The quantitative estimate of drug-likeness (QED) is 0.643. The van der Waals surface area contributed by atoms with Crippen LogP contribution in [0.4, 0.5) is 0 Å². The third kappa shape index (κ3) is 6.35. The molecular formula is C20H27NO4S. The van der Waals surface area contributed by atoms with Gasteiger partial charge >= 0.3 is 0 Å². The first-order valence-corrected chi connectivity index (χ1v) is 10.3. The van der Waals surface area contributed by atoms with Gasteiger partial charge in [-0.3, -0.25) is 0 Å². The lowest BCUT2D eigenvalue weighted by Gasteiger charge is -2.15. The smallest absolute Gasteiger partial charge is 0.213 e. The van der Waals surface area contributed by atoms with Crippen molar-refractivity contribution < 1.29 is 17.9 Å². The molecule has 6 heteroatoms. The molecule has 0 aliphatic carbocycles. The molecule has 0 aliphatic rings. The molecule has 0 radical (unpaired) electrons. The Bertz CT molecular complexity index is 758. The summed E-state index contributed by atoms with van der Waals surface area (Å²) in [6.07, 6.45) is 0. The highest BCUT2D eigenvalue weighted by Crippen LogP contribution is 2.19. The Morgan fingerprint density at radius 1 is 0.846 bits per heavy atom. The zero-order valence-electron chi connectivity index (χ0n) is 15.5. The van der Waals surface area contributed by atoms with E-state index in [2.05, 4.69) is 4.72 Å². The second kappa shape index (κ2) is 9.59. The van der Waals surface area contributed by atoms with E-state index in [1.807, 2.05) is 61.5 Å². The van der Waals surface area contributed by atoms with Crippen LogP contribution in [0.3, 0.4) is 0 Å². The largest absolute Gasteiger partial charge is 0.490 e. The molecule has 2 aromatic carbocycles. The maximum absolute atomic E-state index is 11.8. The van der Waals surface area contributed by atoms with E-state index in [-0.39, 0.29) is 5.92 Å². The summed E-state index contributed by atoms with van der Waals surface area (Å²) in [7, 11) is -3.24. The predicted molar refractivity (Wildman–Crippen MR) is 104 cm³/mol. The zero-order chi connectivity index (χ0) is 19.0. The minimum absolute atomic E-state index is 0.0824. The highest BCUT2D eigenvalue weighted by molar-refractivity contribution is 7.90. The summed E-state index contributed by atoms with van der Waals surface area (Å²) in [5, 5.41) is -0.427. The Balaban J connectivity index is 1.76. The van der Waals surface area contributed by atoms with Crippen molar-refractivity contribution >= 4 is 10.0 Å². The zero-order valence-corrected chi connectivity index (χ0v) is 16.3. The molecule has 0 saturated heterocycles. The van der Waals surface area contributed by atoms with E-state index in [0.29, 0.717) is 19.8 Å². The Labute approximate surface area is 156 Å². The Morgan fingerprint density at radius 3 is 1.92 bits per heavy atom. The Morgan fingerprint density at radius 2 is 1.38 bits per heavy atom. The molecule has 0 aliphatic heterocycles. The number of nitrogens with one attached hydrogen (secondary N) is 1. The molecule has 2 rings (SSSR count). The number of benzene rings is 2. The van der Waals surface area contributed by atoms with Gasteiger partial charge in [0, 0.05) is 6.54 Å². The van der Waals surface area contributed by atoms with Gasteiger partial charge in [0.05, 0.1) is 5.25 Å². The average Bonchev–Trinajstić information content (AvgIpc) is 2.64. The number of para-hydroxylation sites is 1. The molecule has 0 aromatic heterocycles. The van der Waals surface area contributed by atoms with Crippen LogP contribution in [0.25, 0.3) is 0 Å². The van der Waals surface area contributed by atoms with Crippen LogP contribution in [0.1, 0.15) is 32.3 Å². The van der Waals surface area contributed by atoms with Crippen molar-refractivity contribution in [3.05, 3.63) is 60.2 Å². The van der Waals surface area contributed by atoms with Gasteiger partial charge in [0.2, 0.25) is 10.0 Å². The molecular weight excluding hydrogens is 350 g/mol. The SMILES string of the molecule is CC(CNS(=O)(=O)C(C)C)c1ccc(OCCOc2ccccc2)cc1. The highest BCUT2D eigenvalue weighted by atomic mass is 32.2. The molecule has 1 N–H and O–H groups in total. The van der Waals surface area contributed by atoms with Crippen molar-refractivity contribution in [2.75, 3.05) is 19.8 Å². The molecule has 0 bridgehead atoms. The number of rotatable bonds is 10. The highest BCUT2D eigenvalue weighted by Gasteiger charge is 2.16. The monoisotopic (exact) mass is 377 g/mol. The Kier molecular flexibility index (Phi) is 7.48. The fraction of sp³-hybridized carbons (Fsp3) is 0.400. The second-order valence-corrected chi connectivity index (χ2v) is 8.74. The van der Waals surface area contributed by atoms with Gasteiger partial charge in [-0.2, -0.15) is 0 Å². The van der Waals surface area contributed by atoms with E-state index in [1.54, 1.807) is 13.8 Å². The van der Waals surface area contributed by atoms with Crippen molar-refractivity contribution in [2.24, 2.45) is 0 Å². The van der Waals surface area contributed by atoms with Crippen LogP contribution < -0.4 is 14.2 Å². The fourth-order valence-electron chi connectivity index (χ4n) is 2.25. The lowest BCUT2D eigenvalue weighted by atomic mass is 10.0. The van der Waals surface area contributed by atoms with Crippen LogP contribution >= 0.6 is 0 Å². The van der Waals surface area contributed by atoms with Crippen LogP contribution in [0.15, 0.2) is 54.6 Å². The van der Waals surface area contributed by atoms with Crippen molar-refractivity contribution in [1.82, 2.24) is 4.72 Å². The van der Waals surface area contributed by atoms with E-state index in [1.165, 1.54) is 0 Å². The molecule has 0 heterocycles. The molecule has 142 valence electrons. The number of hydrogen-bond acceptors (Lipinski definition) is 4. The molecule has 0 saturated carbocycles. The summed E-state index contributed by atoms with van der Waals surface area (Å²) < 4.78 is 37.6. The van der Waals surface area contributed by atoms with Gasteiger partial charge in [0.25, 0.3) is 0 Å². The van der Waals surface area contributed by atoms with Crippen LogP contribution in [0.2, 0.25) is 0 Å². The topological polar surface area (TPSA) is 64.6 Å². The summed E-state index contributed by atoms with van der Waals surface area (Å²) in [6.45, 7) is 6.64. The van der Waals surface area contributed by atoms with Crippen molar-refractivity contribution in [1.29, 1.82) is 0 Å². The molecule has 2 aromatic rings. The lowest BCUT2D eigenvalue weighted by molar-refractivity contribution is 0.217. The fourth-order valence-corrected chi connectivity index (χ4v) is 3.07. The summed E-state index contributed by atoms with van der Waals surface area (Å²) in [6, 6.07) is 17.3. The molecule has 5 nitrogen and oxygen atoms in total. The van der Waals surface area contributed by atoms with Gasteiger partial charge < -0.3 is 9.47 Å². The first-order valence-electron chi connectivity index (χ1n) is 8.77. The van der Waals surface area contributed by atoms with Gasteiger partial charge in [-0.1, -0.05) is 37.3 Å². The maximum atomic E-state index is 11.8. The average molecular weight is 378 g/mol. The molecule has 26 heavy (non-hydrogen) atoms. The van der Waals surface area contributed by atoms with Crippen LogP contribution in [-0.4, -0.2) is 33.4 Å². The van der Waals surface area contributed by atoms with E-state index >= 15 is 0 Å². The summed E-state index contributed by atoms with van der Waals surface area (Å²) in [5.74, 6) is 1.67. The number of hydrogen-bond donors (Lipinski definition) is 1. The van der Waals surface area contributed by atoms with E-state index in [9.17, 15) is 8.42 Å². The van der Waals surface area contributed by atoms with Gasteiger partial charge in [-0.15, -0.1) is 0 Å². The molecule has 0 spiro atoms. The van der Waals surface area contributed by atoms with Crippen LogP contribution in [0.5, 0.6) is 11.5 Å². The first kappa shape index (κ1) is 20.3. The summed E-state index contributed by atoms with van der Waals surface area (Å²) in [5.41, 5.74) is 1.06. The second-order valence-electron chi connectivity index (χ2n) is 6.42. The van der Waals surface area contributed by atoms with E-state index in [4.69, 9.17) is 9.47 Å². The Hall–Kier alpha value is -2.05.